The topological polar surface area (TPSA) is 26.3 Å². The molecule has 1 aromatic rings. The number of carbonyl (C=O) groups excluding carboxylic acids is 1. The minimum absolute atomic E-state index is 0.0797. The van der Waals surface area contributed by atoms with Crippen LogP contribution >= 0.6 is 0 Å². The van der Waals surface area contributed by atoms with E-state index in [0.717, 1.165) is 0 Å². The Kier molecular flexibility index (Phi) is 4.43. The predicted octanol–water partition coefficient (Wildman–Crippen LogP) is 2.71. The van der Waals surface area contributed by atoms with Gasteiger partial charge in [0.05, 0.1) is 12.7 Å². The molecule has 0 aromatic heterocycles. The highest BCUT2D eigenvalue weighted by atomic mass is 19.1. The van der Waals surface area contributed by atoms with Gasteiger partial charge < -0.3 is 4.74 Å². The minimum Gasteiger partial charge on any atom is -0.373 e. The van der Waals surface area contributed by atoms with Crippen molar-refractivity contribution in [2.24, 2.45) is 0 Å². The van der Waals surface area contributed by atoms with Crippen LogP contribution in [-0.2, 0) is 16.1 Å². The number of hydrogen-bond donors (Lipinski definition) is 0. The van der Waals surface area contributed by atoms with Gasteiger partial charge in [-0.05, 0) is 19.9 Å². The molecule has 1 atom stereocenters. The van der Waals surface area contributed by atoms with Crippen LogP contribution in [0.5, 0.6) is 0 Å². The van der Waals surface area contributed by atoms with Crippen LogP contribution in [0.15, 0.2) is 24.3 Å². The fourth-order valence-corrected chi connectivity index (χ4v) is 1.31. The van der Waals surface area contributed by atoms with E-state index < -0.39 is 0 Å². The van der Waals surface area contributed by atoms with Crippen molar-refractivity contribution in [3.8, 4) is 0 Å². The van der Waals surface area contributed by atoms with Crippen molar-refractivity contribution in [3.05, 3.63) is 35.6 Å². The van der Waals surface area contributed by atoms with E-state index in [-0.39, 0.29) is 24.3 Å². The van der Waals surface area contributed by atoms with Crippen LogP contribution in [0.25, 0.3) is 0 Å². The van der Waals surface area contributed by atoms with E-state index in [4.69, 9.17) is 4.74 Å². The van der Waals surface area contributed by atoms with Gasteiger partial charge >= 0.3 is 0 Å². The SMILES string of the molecule is CC(=O)CC(C)OCc1ccccc1F. The molecule has 0 amide bonds. The molecular weight excluding hydrogens is 195 g/mol. The average molecular weight is 210 g/mol. The Morgan fingerprint density at radius 1 is 1.47 bits per heavy atom. The Labute approximate surface area is 89.1 Å². The highest BCUT2D eigenvalue weighted by molar-refractivity contribution is 5.75. The Hall–Kier alpha value is -1.22. The van der Waals surface area contributed by atoms with Crippen LogP contribution in [0.2, 0.25) is 0 Å². The molecule has 1 rings (SSSR count). The molecule has 0 radical (unpaired) electrons. The van der Waals surface area contributed by atoms with Gasteiger partial charge in [-0.25, -0.2) is 4.39 Å². The number of benzene rings is 1. The van der Waals surface area contributed by atoms with Gasteiger partial charge in [-0.1, -0.05) is 18.2 Å². The predicted molar refractivity (Wildman–Crippen MR) is 55.9 cm³/mol. The highest BCUT2D eigenvalue weighted by Crippen LogP contribution is 2.10. The summed E-state index contributed by atoms with van der Waals surface area (Å²) in [7, 11) is 0. The second-order valence-electron chi connectivity index (χ2n) is 3.62. The fraction of sp³-hybridized carbons (Fsp3) is 0.417. The summed E-state index contributed by atoms with van der Waals surface area (Å²) in [4.78, 5) is 10.8. The second-order valence-corrected chi connectivity index (χ2v) is 3.62. The molecule has 15 heavy (non-hydrogen) atoms. The van der Waals surface area contributed by atoms with E-state index in [1.165, 1.54) is 13.0 Å². The Morgan fingerprint density at radius 2 is 2.13 bits per heavy atom. The normalized spacial score (nSPS) is 12.5. The molecule has 1 aromatic carbocycles. The van der Waals surface area contributed by atoms with E-state index in [2.05, 4.69) is 0 Å². The summed E-state index contributed by atoms with van der Waals surface area (Å²) < 4.78 is 18.5. The van der Waals surface area contributed by atoms with Crippen LogP contribution in [0.1, 0.15) is 25.8 Å². The van der Waals surface area contributed by atoms with Crippen molar-refractivity contribution in [2.75, 3.05) is 0 Å². The van der Waals surface area contributed by atoms with Gasteiger partial charge in [0.15, 0.2) is 0 Å². The first-order valence-electron chi connectivity index (χ1n) is 4.94. The Balaban J connectivity index is 2.43. The third kappa shape index (κ3) is 4.21. The molecule has 0 N–H and O–H groups in total. The molecule has 1 unspecified atom stereocenters. The molecule has 3 heteroatoms. The van der Waals surface area contributed by atoms with E-state index in [1.807, 2.05) is 6.92 Å². The van der Waals surface area contributed by atoms with Crippen LogP contribution in [0.4, 0.5) is 4.39 Å². The number of ketones is 1. The molecule has 0 aliphatic rings. The number of carbonyl (C=O) groups is 1. The van der Waals surface area contributed by atoms with Crippen molar-refractivity contribution < 1.29 is 13.9 Å². The zero-order chi connectivity index (χ0) is 11.3. The molecule has 0 aliphatic heterocycles. The number of rotatable bonds is 5. The second kappa shape index (κ2) is 5.61. The van der Waals surface area contributed by atoms with E-state index in [9.17, 15) is 9.18 Å². The maximum atomic E-state index is 13.2. The van der Waals surface area contributed by atoms with Gasteiger partial charge in [-0.15, -0.1) is 0 Å². The first kappa shape index (κ1) is 11.9. The standard InChI is InChI=1S/C12H15FO2/c1-9(14)7-10(2)15-8-11-5-3-4-6-12(11)13/h3-6,10H,7-8H2,1-2H3. The number of hydrogen-bond acceptors (Lipinski definition) is 2. The zero-order valence-corrected chi connectivity index (χ0v) is 9.00. The van der Waals surface area contributed by atoms with E-state index in [1.54, 1.807) is 18.2 Å². The lowest BCUT2D eigenvalue weighted by Crippen LogP contribution is -2.12. The molecule has 0 spiro atoms. The molecular formula is C12H15FO2. The summed E-state index contributed by atoms with van der Waals surface area (Å²) in [6.07, 6.45) is 0.205. The van der Waals surface area contributed by atoms with Crippen LogP contribution in [0.3, 0.4) is 0 Å². The smallest absolute Gasteiger partial charge is 0.132 e. The third-order valence-corrected chi connectivity index (χ3v) is 2.06. The number of ether oxygens (including phenoxy) is 1. The van der Waals surface area contributed by atoms with Crippen molar-refractivity contribution in [1.82, 2.24) is 0 Å². The molecule has 0 saturated carbocycles. The summed E-state index contributed by atoms with van der Waals surface area (Å²) in [6.45, 7) is 3.53. The number of halogens is 1. The van der Waals surface area contributed by atoms with Crippen LogP contribution < -0.4 is 0 Å². The van der Waals surface area contributed by atoms with E-state index in [0.29, 0.717) is 12.0 Å². The lowest BCUT2D eigenvalue weighted by atomic mass is 10.2. The van der Waals surface area contributed by atoms with Gasteiger partial charge in [0, 0.05) is 12.0 Å². The fourth-order valence-electron chi connectivity index (χ4n) is 1.31. The average Bonchev–Trinajstić information content (AvgIpc) is 2.15. The summed E-state index contributed by atoms with van der Waals surface area (Å²) in [5.74, 6) is -0.191. The quantitative estimate of drug-likeness (QED) is 0.747. The van der Waals surface area contributed by atoms with Crippen molar-refractivity contribution >= 4 is 5.78 Å². The zero-order valence-electron chi connectivity index (χ0n) is 9.00. The van der Waals surface area contributed by atoms with Gasteiger partial charge in [0.2, 0.25) is 0 Å². The maximum absolute atomic E-state index is 13.2. The first-order chi connectivity index (χ1) is 7.09. The lowest BCUT2D eigenvalue weighted by molar-refractivity contribution is -0.119. The Morgan fingerprint density at radius 3 is 2.73 bits per heavy atom. The van der Waals surface area contributed by atoms with Crippen molar-refractivity contribution in [3.63, 3.8) is 0 Å². The summed E-state index contributed by atoms with van der Waals surface area (Å²) in [5, 5.41) is 0. The van der Waals surface area contributed by atoms with Gasteiger partial charge in [0.25, 0.3) is 0 Å². The van der Waals surface area contributed by atoms with Crippen molar-refractivity contribution in [2.45, 2.75) is 33.0 Å². The maximum Gasteiger partial charge on any atom is 0.132 e. The third-order valence-electron chi connectivity index (χ3n) is 2.06. The molecule has 0 bridgehead atoms. The largest absolute Gasteiger partial charge is 0.373 e. The Bertz CT molecular complexity index is 336. The summed E-state index contributed by atoms with van der Waals surface area (Å²) in [5.41, 5.74) is 0.521. The first-order valence-corrected chi connectivity index (χ1v) is 4.94. The van der Waals surface area contributed by atoms with Gasteiger partial charge in [0.1, 0.15) is 11.6 Å². The highest BCUT2D eigenvalue weighted by Gasteiger charge is 2.07. The molecule has 0 heterocycles. The minimum atomic E-state index is -0.271. The summed E-state index contributed by atoms with van der Waals surface area (Å²) >= 11 is 0. The van der Waals surface area contributed by atoms with Crippen LogP contribution in [-0.4, -0.2) is 11.9 Å². The molecule has 0 aliphatic carbocycles. The molecule has 82 valence electrons. The van der Waals surface area contributed by atoms with Crippen LogP contribution in [0, 0.1) is 5.82 Å². The summed E-state index contributed by atoms with van der Waals surface area (Å²) in [6, 6.07) is 6.47. The van der Waals surface area contributed by atoms with Crippen molar-refractivity contribution in [1.29, 1.82) is 0 Å². The van der Waals surface area contributed by atoms with Gasteiger partial charge in [-0.3, -0.25) is 4.79 Å². The number of Topliss-reactive ketones (excluding diaryl/α,β-unsaturated/α-hetero) is 1. The monoisotopic (exact) mass is 210 g/mol. The van der Waals surface area contributed by atoms with Gasteiger partial charge in [-0.2, -0.15) is 0 Å². The van der Waals surface area contributed by atoms with E-state index >= 15 is 0 Å². The lowest BCUT2D eigenvalue weighted by Gasteiger charge is -2.11. The molecule has 0 saturated heterocycles. The molecule has 0 fully saturated rings. The molecule has 2 nitrogen and oxygen atoms in total.